The van der Waals surface area contributed by atoms with E-state index in [1.54, 1.807) is 43.3 Å². The molecule has 1 atom stereocenters. The van der Waals surface area contributed by atoms with Crippen LogP contribution in [0.3, 0.4) is 0 Å². The van der Waals surface area contributed by atoms with Crippen LogP contribution in [0.1, 0.15) is 48.1 Å². The Hall–Kier alpha value is -3.80. The number of hydrogen-bond donors (Lipinski definition) is 1. The van der Waals surface area contributed by atoms with E-state index >= 15 is 0 Å². The van der Waals surface area contributed by atoms with Crippen molar-refractivity contribution in [3.63, 3.8) is 0 Å². The molecule has 0 saturated carbocycles. The van der Waals surface area contributed by atoms with E-state index < -0.39 is 17.7 Å². The van der Waals surface area contributed by atoms with Gasteiger partial charge in [-0.2, -0.15) is 0 Å². The summed E-state index contributed by atoms with van der Waals surface area (Å²) in [6.45, 7) is 9.40. The summed E-state index contributed by atoms with van der Waals surface area (Å²) in [6, 6.07) is 15.1. The molecule has 1 aromatic heterocycles. The van der Waals surface area contributed by atoms with E-state index in [0.717, 1.165) is 11.1 Å². The highest BCUT2D eigenvalue weighted by atomic mass is 16.5. The first-order valence-corrected chi connectivity index (χ1v) is 10.9. The summed E-state index contributed by atoms with van der Waals surface area (Å²) in [6.07, 6.45) is 0.00442. The number of aliphatic hydroxyl groups excluding tert-OH is 1. The third-order valence-corrected chi connectivity index (χ3v) is 5.66. The van der Waals surface area contributed by atoms with Gasteiger partial charge in [0.15, 0.2) is 0 Å². The molecule has 1 amide bonds. The van der Waals surface area contributed by atoms with E-state index in [1.165, 1.54) is 4.90 Å². The highest BCUT2D eigenvalue weighted by Crippen LogP contribution is 2.43. The largest absolute Gasteiger partial charge is 0.507 e. The molecule has 6 heteroatoms. The second kappa shape index (κ2) is 8.62. The number of anilines is 1. The summed E-state index contributed by atoms with van der Waals surface area (Å²) < 4.78 is 11.6. The number of aliphatic hydroxyl groups is 1. The minimum atomic E-state index is -0.883. The fraction of sp³-hybridized carbons (Fsp3) is 0.259. The molecule has 0 radical (unpaired) electrons. The van der Waals surface area contributed by atoms with Crippen LogP contribution in [-0.2, 0) is 9.59 Å². The Morgan fingerprint density at radius 1 is 1.00 bits per heavy atom. The van der Waals surface area contributed by atoms with Gasteiger partial charge in [0.25, 0.3) is 11.7 Å². The van der Waals surface area contributed by atoms with Crippen LogP contribution in [0.25, 0.3) is 5.76 Å². The van der Waals surface area contributed by atoms with Crippen molar-refractivity contribution in [1.29, 1.82) is 0 Å². The quantitative estimate of drug-likeness (QED) is 0.313. The van der Waals surface area contributed by atoms with Crippen molar-refractivity contribution in [3.05, 3.63) is 88.4 Å². The van der Waals surface area contributed by atoms with Gasteiger partial charge in [-0.15, -0.1) is 0 Å². The van der Waals surface area contributed by atoms with Crippen molar-refractivity contribution in [1.82, 2.24) is 0 Å². The second-order valence-electron chi connectivity index (χ2n) is 8.55. The summed E-state index contributed by atoms with van der Waals surface area (Å²) >= 11 is 0. The van der Waals surface area contributed by atoms with Crippen molar-refractivity contribution in [2.45, 2.75) is 46.8 Å². The van der Waals surface area contributed by atoms with Gasteiger partial charge in [0.05, 0.1) is 11.7 Å². The predicted molar refractivity (Wildman–Crippen MR) is 126 cm³/mol. The zero-order valence-electron chi connectivity index (χ0n) is 19.4. The van der Waals surface area contributed by atoms with Crippen molar-refractivity contribution < 1.29 is 23.8 Å². The van der Waals surface area contributed by atoms with Crippen LogP contribution in [0.5, 0.6) is 5.75 Å². The highest BCUT2D eigenvalue weighted by molar-refractivity contribution is 6.51. The number of benzene rings is 2. The third kappa shape index (κ3) is 4.04. The normalized spacial score (nSPS) is 17.8. The van der Waals surface area contributed by atoms with Crippen LogP contribution in [-0.4, -0.2) is 22.9 Å². The Bertz CT molecular complexity index is 1270. The lowest BCUT2D eigenvalue weighted by Crippen LogP contribution is -2.29. The van der Waals surface area contributed by atoms with Gasteiger partial charge in [-0.1, -0.05) is 18.2 Å². The molecule has 2 heterocycles. The number of nitrogens with zero attached hydrogens (tertiary/aromatic N) is 1. The third-order valence-electron chi connectivity index (χ3n) is 5.66. The van der Waals surface area contributed by atoms with E-state index in [-0.39, 0.29) is 17.4 Å². The monoisotopic (exact) mass is 445 g/mol. The first-order valence-electron chi connectivity index (χ1n) is 10.9. The first-order chi connectivity index (χ1) is 15.7. The molecule has 33 heavy (non-hydrogen) atoms. The number of hydrogen-bond acceptors (Lipinski definition) is 5. The van der Waals surface area contributed by atoms with Crippen LogP contribution in [0, 0.1) is 20.8 Å². The lowest BCUT2D eigenvalue weighted by atomic mass is 9.98. The smallest absolute Gasteiger partial charge is 0.300 e. The number of carbonyl (C=O) groups is 2. The molecule has 1 saturated heterocycles. The molecule has 1 aliphatic heterocycles. The Morgan fingerprint density at radius 3 is 2.33 bits per heavy atom. The molecule has 0 bridgehead atoms. The minimum absolute atomic E-state index is 0.00442. The summed E-state index contributed by atoms with van der Waals surface area (Å²) in [5, 5.41) is 11.3. The maximum absolute atomic E-state index is 13.2. The summed E-state index contributed by atoms with van der Waals surface area (Å²) in [4.78, 5) is 27.8. The maximum Gasteiger partial charge on any atom is 0.300 e. The van der Waals surface area contributed by atoms with Crippen molar-refractivity contribution in [2.75, 3.05) is 4.90 Å². The number of Topliss-reactive ketones (excluding diaryl/α,β-unsaturated/α-hetero) is 1. The van der Waals surface area contributed by atoms with E-state index in [4.69, 9.17) is 9.15 Å². The molecule has 170 valence electrons. The zero-order chi connectivity index (χ0) is 23.9. The van der Waals surface area contributed by atoms with Gasteiger partial charge < -0.3 is 14.3 Å². The van der Waals surface area contributed by atoms with Crippen molar-refractivity contribution >= 4 is 23.1 Å². The van der Waals surface area contributed by atoms with E-state index in [2.05, 4.69) is 0 Å². The van der Waals surface area contributed by atoms with Gasteiger partial charge in [0, 0.05) is 11.3 Å². The summed E-state index contributed by atoms with van der Waals surface area (Å²) in [7, 11) is 0. The van der Waals surface area contributed by atoms with E-state index in [0.29, 0.717) is 28.5 Å². The van der Waals surface area contributed by atoms with Gasteiger partial charge in [-0.25, -0.2) is 0 Å². The Balaban J connectivity index is 1.89. The zero-order valence-corrected chi connectivity index (χ0v) is 19.4. The number of ether oxygens (including phenoxy) is 1. The highest BCUT2D eigenvalue weighted by Gasteiger charge is 2.48. The van der Waals surface area contributed by atoms with Gasteiger partial charge in [-0.3, -0.25) is 14.5 Å². The molecule has 3 aromatic rings. The average molecular weight is 446 g/mol. The van der Waals surface area contributed by atoms with E-state index in [1.807, 2.05) is 45.9 Å². The summed E-state index contributed by atoms with van der Waals surface area (Å²) in [5.74, 6) is 0.0403. The average Bonchev–Trinajstić information content (AvgIpc) is 3.30. The number of ketones is 1. The fourth-order valence-electron chi connectivity index (χ4n) is 4.12. The van der Waals surface area contributed by atoms with Crippen LogP contribution in [0.4, 0.5) is 5.69 Å². The van der Waals surface area contributed by atoms with Gasteiger partial charge in [0.2, 0.25) is 0 Å². The molecule has 1 N–H and O–H groups in total. The minimum Gasteiger partial charge on any atom is -0.507 e. The molecule has 2 aromatic carbocycles. The molecule has 0 aliphatic carbocycles. The van der Waals surface area contributed by atoms with Crippen LogP contribution < -0.4 is 9.64 Å². The molecular formula is C27H27NO5. The Labute approximate surface area is 193 Å². The topological polar surface area (TPSA) is 80.0 Å². The maximum atomic E-state index is 13.2. The van der Waals surface area contributed by atoms with Gasteiger partial charge >= 0.3 is 0 Å². The van der Waals surface area contributed by atoms with Gasteiger partial charge in [-0.05, 0) is 82.1 Å². The van der Waals surface area contributed by atoms with Crippen molar-refractivity contribution in [3.8, 4) is 5.75 Å². The van der Waals surface area contributed by atoms with Crippen LogP contribution in [0.2, 0.25) is 0 Å². The number of furan rings is 1. The Morgan fingerprint density at radius 2 is 1.73 bits per heavy atom. The van der Waals surface area contributed by atoms with Crippen molar-refractivity contribution in [2.24, 2.45) is 0 Å². The van der Waals surface area contributed by atoms with Gasteiger partial charge in [0.1, 0.15) is 29.1 Å². The predicted octanol–water partition coefficient (Wildman–Crippen LogP) is 5.62. The van der Waals surface area contributed by atoms with Crippen LogP contribution >= 0.6 is 0 Å². The number of amides is 1. The van der Waals surface area contributed by atoms with E-state index in [9.17, 15) is 14.7 Å². The molecule has 0 spiro atoms. The SMILES string of the molecule is Cc1ccc(C2/C(=C(/O)c3ccc(OC(C)C)c(C)c3)C(=O)C(=O)N2c2ccccc2C)o1. The number of para-hydroxylation sites is 1. The Kier molecular flexibility index (Phi) is 5.85. The lowest BCUT2D eigenvalue weighted by molar-refractivity contribution is -0.132. The first kappa shape index (κ1) is 22.4. The molecule has 4 rings (SSSR count). The molecule has 1 aliphatic rings. The number of aryl methyl sites for hydroxylation is 3. The molecule has 6 nitrogen and oxygen atoms in total. The standard InChI is InChI=1S/C27H27NO5/c1-15(2)32-21-13-11-19(14-17(21)4)25(29)23-24(22-12-10-18(5)33-22)28(27(31)26(23)30)20-9-7-6-8-16(20)3/h6-15,24,29H,1-5H3/b25-23-. The number of rotatable bonds is 5. The second-order valence-corrected chi connectivity index (χ2v) is 8.55. The number of carbonyl (C=O) groups excluding carboxylic acids is 2. The molecule has 1 unspecified atom stereocenters. The molecule has 1 fully saturated rings. The van der Waals surface area contributed by atoms with Crippen LogP contribution in [0.15, 0.2) is 64.6 Å². The molecular weight excluding hydrogens is 418 g/mol. The summed E-state index contributed by atoms with van der Waals surface area (Å²) in [5.41, 5.74) is 2.66. The lowest BCUT2D eigenvalue weighted by Gasteiger charge is -2.25. The fourth-order valence-corrected chi connectivity index (χ4v) is 4.12.